The zero-order chi connectivity index (χ0) is 20.6. The zero-order valence-electron chi connectivity index (χ0n) is 17.8. The van der Waals surface area contributed by atoms with E-state index in [0.717, 1.165) is 33.8 Å². The van der Waals surface area contributed by atoms with Crippen LogP contribution in [-0.4, -0.2) is 41.3 Å². The van der Waals surface area contributed by atoms with Crippen LogP contribution in [0.2, 0.25) is 0 Å². The van der Waals surface area contributed by atoms with Crippen LogP contribution in [0.4, 0.5) is 5.69 Å². The van der Waals surface area contributed by atoms with Crippen molar-refractivity contribution in [3.05, 3.63) is 51.8 Å². The van der Waals surface area contributed by atoms with E-state index in [1.165, 1.54) is 18.4 Å². The molecule has 0 atom stereocenters. The minimum atomic E-state index is -0.103. The molecule has 0 radical (unpaired) electrons. The number of anilines is 1. The van der Waals surface area contributed by atoms with Gasteiger partial charge in [0, 0.05) is 28.7 Å². The summed E-state index contributed by atoms with van der Waals surface area (Å²) >= 11 is 0. The summed E-state index contributed by atoms with van der Waals surface area (Å²) in [7, 11) is 1.81. The van der Waals surface area contributed by atoms with Crippen molar-refractivity contribution in [3.8, 4) is 0 Å². The molecule has 0 aliphatic heterocycles. The number of benzene rings is 1. The molecule has 28 heavy (non-hydrogen) atoms. The molecule has 1 N–H and O–H groups in total. The van der Waals surface area contributed by atoms with Crippen molar-refractivity contribution in [2.75, 3.05) is 25.5 Å². The number of Topliss-reactive ketones (excluding diaryl/α,β-unsaturated/α-hetero) is 1. The molecule has 3 rings (SSSR count). The Balaban J connectivity index is 1.61. The first-order valence-electron chi connectivity index (χ1n) is 9.95. The van der Waals surface area contributed by atoms with E-state index in [2.05, 4.69) is 28.9 Å². The van der Waals surface area contributed by atoms with Crippen molar-refractivity contribution in [3.63, 3.8) is 0 Å². The summed E-state index contributed by atoms with van der Waals surface area (Å²) < 4.78 is 2.28. The Morgan fingerprint density at radius 1 is 1.04 bits per heavy atom. The van der Waals surface area contributed by atoms with Gasteiger partial charge in [-0.25, -0.2) is 0 Å². The molecule has 5 nitrogen and oxygen atoms in total. The molecule has 1 saturated carbocycles. The molecule has 0 unspecified atom stereocenters. The highest BCUT2D eigenvalue weighted by atomic mass is 16.2. The van der Waals surface area contributed by atoms with Crippen LogP contribution in [0.5, 0.6) is 0 Å². The fourth-order valence-electron chi connectivity index (χ4n) is 4.14. The molecule has 1 amide bonds. The number of rotatable bonds is 7. The third-order valence-corrected chi connectivity index (χ3v) is 5.47. The van der Waals surface area contributed by atoms with E-state index in [4.69, 9.17) is 0 Å². The van der Waals surface area contributed by atoms with Gasteiger partial charge in [-0.2, -0.15) is 0 Å². The Hall–Kier alpha value is -2.40. The molecular formula is C23H31N3O2. The molecule has 2 aromatic rings. The van der Waals surface area contributed by atoms with E-state index in [1.807, 2.05) is 40.8 Å². The van der Waals surface area contributed by atoms with Crippen LogP contribution in [0.25, 0.3) is 0 Å². The van der Waals surface area contributed by atoms with Gasteiger partial charge >= 0.3 is 0 Å². The van der Waals surface area contributed by atoms with Gasteiger partial charge in [-0.1, -0.05) is 17.7 Å². The maximum atomic E-state index is 12.8. The van der Waals surface area contributed by atoms with Crippen molar-refractivity contribution in [2.45, 2.75) is 53.5 Å². The van der Waals surface area contributed by atoms with Gasteiger partial charge < -0.3 is 9.88 Å². The molecular weight excluding hydrogens is 350 g/mol. The first kappa shape index (κ1) is 20.3. The summed E-state index contributed by atoms with van der Waals surface area (Å²) in [4.78, 5) is 27.0. The van der Waals surface area contributed by atoms with Gasteiger partial charge in [0.15, 0.2) is 5.78 Å². The molecule has 150 valence electrons. The maximum Gasteiger partial charge on any atom is 0.238 e. The summed E-state index contributed by atoms with van der Waals surface area (Å²) in [5, 5.41) is 3.00. The monoisotopic (exact) mass is 381 g/mol. The topological polar surface area (TPSA) is 54.3 Å². The summed E-state index contributed by atoms with van der Waals surface area (Å²) in [6.07, 6.45) is 2.39. The van der Waals surface area contributed by atoms with Crippen molar-refractivity contribution in [2.24, 2.45) is 0 Å². The molecule has 1 heterocycles. The molecule has 0 spiro atoms. The number of carbonyl (C=O) groups is 2. The van der Waals surface area contributed by atoms with Crippen LogP contribution >= 0.6 is 0 Å². The molecule has 1 aromatic carbocycles. The summed E-state index contributed by atoms with van der Waals surface area (Å²) in [5.41, 5.74) is 7.13. The number of aryl methyl sites for hydroxylation is 4. The van der Waals surface area contributed by atoms with Gasteiger partial charge in [-0.3, -0.25) is 14.5 Å². The van der Waals surface area contributed by atoms with E-state index in [0.29, 0.717) is 6.04 Å². The molecule has 0 saturated heterocycles. The van der Waals surface area contributed by atoms with E-state index >= 15 is 0 Å². The predicted octanol–water partition coefficient (Wildman–Crippen LogP) is 4.12. The van der Waals surface area contributed by atoms with Crippen LogP contribution in [0.3, 0.4) is 0 Å². The largest absolute Gasteiger partial charge is 0.345 e. The SMILES string of the molecule is Cc1cc(C)c(NC(=O)CN(C)CC(=O)c2cc(C)n(C3CC3)c2C)c(C)c1. The minimum Gasteiger partial charge on any atom is -0.345 e. The third-order valence-electron chi connectivity index (χ3n) is 5.47. The average Bonchev–Trinajstić information content (AvgIpc) is 3.35. The first-order chi connectivity index (χ1) is 13.2. The number of nitrogens with zero attached hydrogens (tertiary/aromatic N) is 2. The Morgan fingerprint density at radius 3 is 2.21 bits per heavy atom. The van der Waals surface area contributed by atoms with Gasteiger partial charge in [-0.05, 0) is 71.7 Å². The Labute approximate surface area is 167 Å². The molecule has 1 fully saturated rings. The maximum absolute atomic E-state index is 12.8. The van der Waals surface area contributed by atoms with E-state index < -0.39 is 0 Å². The van der Waals surface area contributed by atoms with Crippen LogP contribution in [-0.2, 0) is 4.79 Å². The van der Waals surface area contributed by atoms with Crippen molar-refractivity contribution in [1.82, 2.24) is 9.47 Å². The first-order valence-corrected chi connectivity index (χ1v) is 9.95. The smallest absolute Gasteiger partial charge is 0.238 e. The van der Waals surface area contributed by atoms with E-state index in [1.54, 1.807) is 4.90 Å². The third kappa shape index (κ3) is 4.36. The lowest BCUT2D eigenvalue weighted by Crippen LogP contribution is -2.34. The lowest BCUT2D eigenvalue weighted by atomic mass is 10.1. The molecule has 1 aliphatic rings. The standard InChI is InChI=1S/C23H31N3O2/c1-14-9-15(2)23(16(3)10-14)24-22(28)13-25(6)12-21(27)20-11-17(4)26(18(20)5)19-7-8-19/h9-11,19H,7-8,12-13H2,1-6H3,(H,24,28). The average molecular weight is 382 g/mol. The summed E-state index contributed by atoms with van der Waals surface area (Å²) in [6.45, 7) is 10.5. The Kier molecular flexibility index (Phi) is 5.75. The van der Waals surface area contributed by atoms with Gasteiger partial charge in [0.25, 0.3) is 0 Å². The lowest BCUT2D eigenvalue weighted by Gasteiger charge is -2.17. The predicted molar refractivity (Wildman–Crippen MR) is 113 cm³/mol. The molecule has 1 aliphatic carbocycles. The van der Waals surface area contributed by atoms with Crippen LogP contribution in [0, 0.1) is 34.6 Å². The fraction of sp³-hybridized carbons (Fsp3) is 0.478. The number of amides is 1. The second-order valence-electron chi connectivity index (χ2n) is 8.30. The van der Waals surface area contributed by atoms with Crippen LogP contribution in [0.1, 0.15) is 57.3 Å². The van der Waals surface area contributed by atoms with E-state index in [9.17, 15) is 9.59 Å². The number of aromatic nitrogens is 1. The van der Waals surface area contributed by atoms with Crippen LogP contribution < -0.4 is 5.32 Å². The fourth-order valence-corrected chi connectivity index (χ4v) is 4.14. The molecule has 1 aromatic heterocycles. The molecule has 5 heteroatoms. The highest BCUT2D eigenvalue weighted by molar-refractivity contribution is 5.99. The number of nitrogens with one attached hydrogen (secondary N) is 1. The lowest BCUT2D eigenvalue weighted by molar-refractivity contribution is -0.116. The second kappa shape index (κ2) is 7.92. The van der Waals surface area contributed by atoms with Gasteiger partial charge in [0.05, 0.1) is 13.1 Å². The number of likely N-dealkylation sites (N-methyl/N-ethyl adjacent to an activating group) is 1. The van der Waals surface area contributed by atoms with Crippen LogP contribution in [0.15, 0.2) is 18.2 Å². The van der Waals surface area contributed by atoms with E-state index in [-0.39, 0.29) is 24.8 Å². The van der Waals surface area contributed by atoms with Crippen molar-refractivity contribution in [1.29, 1.82) is 0 Å². The highest BCUT2D eigenvalue weighted by Gasteiger charge is 2.28. The minimum absolute atomic E-state index is 0.0676. The molecule has 0 bridgehead atoms. The number of ketones is 1. The number of carbonyl (C=O) groups excluding carboxylic acids is 2. The highest BCUT2D eigenvalue weighted by Crippen LogP contribution is 2.38. The quantitative estimate of drug-likeness (QED) is 0.734. The Bertz CT molecular complexity index is 899. The zero-order valence-corrected chi connectivity index (χ0v) is 17.8. The van der Waals surface area contributed by atoms with Gasteiger partial charge in [0.1, 0.15) is 0 Å². The van der Waals surface area contributed by atoms with Gasteiger partial charge in [-0.15, -0.1) is 0 Å². The normalized spacial score (nSPS) is 13.8. The van der Waals surface area contributed by atoms with Gasteiger partial charge in [0.2, 0.25) is 5.91 Å². The van der Waals surface area contributed by atoms with Crippen molar-refractivity contribution >= 4 is 17.4 Å². The summed E-state index contributed by atoms with van der Waals surface area (Å²) in [5.74, 6) is -0.0354. The Morgan fingerprint density at radius 2 is 1.64 bits per heavy atom. The number of hydrogen-bond acceptors (Lipinski definition) is 3. The second-order valence-corrected chi connectivity index (χ2v) is 8.30. The number of hydrogen-bond donors (Lipinski definition) is 1. The summed E-state index contributed by atoms with van der Waals surface area (Å²) in [6, 6.07) is 6.67. The van der Waals surface area contributed by atoms with Crippen molar-refractivity contribution < 1.29 is 9.59 Å².